The summed E-state index contributed by atoms with van der Waals surface area (Å²) in [6.45, 7) is 1.75. The Hall–Kier alpha value is -2.48. The second-order valence-electron chi connectivity index (χ2n) is 5.06. The summed E-state index contributed by atoms with van der Waals surface area (Å²) in [4.78, 5) is 22.6. The van der Waals surface area contributed by atoms with Crippen molar-refractivity contribution in [3.05, 3.63) is 34.0 Å². The number of nitrogens with zero attached hydrogens (tertiary/aromatic N) is 2. The zero-order chi connectivity index (χ0) is 14.8. The summed E-state index contributed by atoms with van der Waals surface area (Å²) in [6.07, 6.45) is 1.74. The first kappa shape index (κ1) is 13.5. The predicted molar refractivity (Wildman–Crippen MR) is 76.1 cm³/mol. The lowest BCUT2D eigenvalue weighted by Gasteiger charge is -2.23. The zero-order valence-electron chi connectivity index (χ0n) is 11.3. The minimum atomic E-state index is -0.485. The molecule has 21 heavy (non-hydrogen) atoms. The van der Waals surface area contributed by atoms with Crippen LogP contribution in [0.15, 0.2) is 18.2 Å². The van der Waals surface area contributed by atoms with E-state index in [-0.39, 0.29) is 23.3 Å². The third kappa shape index (κ3) is 2.70. The molecule has 0 aliphatic carbocycles. The van der Waals surface area contributed by atoms with Gasteiger partial charge in [0.15, 0.2) is 5.69 Å². The Balaban J connectivity index is 1.86. The number of benzene rings is 1. The molecular weight excluding hydrogens is 274 g/mol. The summed E-state index contributed by atoms with van der Waals surface area (Å²) in [5.74, 6) is -0.298. The molecule has 3 rings (SSSR count). The maximum Gasteiger partial charge on any atom is 0.272 e. The molecule has 1 aromatic heterocycles. The number of nitrogens with one attached hydrogen (secondary N) is 3. The van der Waals surface area contributed by atoms with Gasteiger partial charge in [0.05, 0.1) is 10.4 Å². The molecule has 8 heteroatoms. The molecule has 1 aliphatic rings. The van der Waals surface area contributed by atoms with Gasteiger partial charge in [0.25, 0.3) is 11.6 Å². The highest BCUT2D eigenvalue weighted by molar-refractivity contribution is 6.05. The van der Waals surface area contributed by atoms with Gasteiger partial charge < -0.3 is 10.6 Å². The Morgan fingerprint density at radius 1 is 1.38 bits per heavy atom. The number of nitro benzene ring substituents is 1. The summed E-state index contributed by atoms with van der Waals surface area (Å²) < 4.78 is 0. The summed E-state index contributed by atoms with van der Waals surface area (Å²) in [5.41, 5.74) is 0.753. The number of aromatic nitrogens is 2. The van der Waals surface area contributed by atoms with Gasteiger partial charge in [-0.1, -0.05) is 0 Å². The van der Waals surface area contributed by atoms with Crippen LogP contribution in [0.4, 0.5) is 5.69 Å². The van der Waals surface area contributed by atoms with Crippen molar-refractivity contribution in [1.82, 2.24) is 20.8 Å². The fraction of sp³-hybridized carbons (Fsp3) is 0.385. The highest BCUT2D eigenvalue weighted by atomic mass is 16.6. The Labute approximate surface area is 120 Å². The van der Waals surface area contributed by atoms with Crippen LogP contribution in [0, 0.1) is 10.1 Å². The van der Waals surface area contributed by atoms with Crippen LogP contribution in [0.2, 0.25) is 0 Å². The first-order valence-corrected chi connectivity index (χ1v) is 6.79. The van der Waals surface area contributed by atoms with Gasteiger partial charge in [0, 0.05) is 23.6 Å². The smallest absolute Gasteiger partial charge is 0.272 e. The number of carbonyl (C=O) groups is 1. The molecule has 0 radical (unpaired) electrons. The minimum Gasteiger partial charge on any atom is -0.348 e. The molecule has 8 nitrogen and oxygen atoms in total. The Bertz CT molecular complexity index is 690. The van der Waals surface area contributed by atoms with Gasteiger partial charge in [-0.25, -0.2) is 0 Å². The van der Waals surface area contributed by atoms with Gasteiger partial charge in [-0.2, -0.15) is 5.10 Å². The van der Waals surface area contributed by atoms with E-state index in [1.165, 1.54) is 12.1 Å². The molecule has 0 atom stereocenters. The number of non-ortho nitro benzene ring substituents is 1. The van der Waals surface area contributed by atoms with Crippen molar-refractivity contribution in [3.8, 4) is 0 Å². The van der Waals surface area contributed by atoms with Crippen molar-refractivity contribution < 1.29 is 9.72 Å². The Morgan fingerprint density at radius 2 is 2.14 bits per heavy atom. The number of amides is 1. The standard InChI is InChI=1S/C13H15N5O3/c19-13(15-8-3-5-14-6-4-8)12-10-7-9(18(20)21)1-2-11(10)16-17-12/h1-2,7-8,14H,3-6H2,(H,15,19)(H,16,17). The normalized spacial score (nSPS) is 16.0. The monoisotopic (exact) mass is 289 g/mol. The molecule has 2 aromatic rings. The van der Waals surface area contributed by atoms with Crippen LogP contribution in [0.3, 0.4) is 0 Å². The summed E-state index contributed by atoms with van der Waals surface area (Å²) in [5, 5.41) is 24.2. The molecule has 1 aliphatic heterocycles. The first-order valence-electron chi connectivity index (χ1n) is 6.79. The Morgan fingerprint density at radius 3 is 2.86 bits per heavy atom. The predicted octanol–water partition coefficient (Wildman–Crippen LogP) is 0.953. The molecule has 1 amide bonds. The van der Waals surface area contributed by atoms with Crippen LogP contribution in [0.1, 0.15) is 23.3 Å². The van der Waals surface area contributed by atoms with Crippen LogP contribution >= 0.6 is 0 Å². The van der Waals surface area contributed by atoms with Crippen molar-refractivity contribution in [1.29, 1.82) is 0 Å². The number of aromatic amines is 1. The number of hydrogen-bond donors (Lipinski definition) is 3. The fourth-order valence-electron chi connectivity index (χ4n) is 2.51. The maximum atomic E-state index is 12.3. The summed E-state index contributed by atoms with van der Waals surface area (Å²) >= 11 is 0. The molecule has 1 fully saturated rings. The topological polar surface area (TPSA) is 113 Å². The van der Waals surface area contributed by atoms with Crippen molar-refractivity contribution in [2.45, 2.75) is 18.9 Å². The maximum absolute atomic E-state index is 12.3. The third-order valence-electron chi connectivity index (χ3n) is 3.65. The molecule has 0 spiro atoms. The van der Waals surface area contributed by atoms with E-state index in [1.54, 1.807) is 6.07 Å². The highest BCUT2D eigenvalue weighted by Gasteiger charge is 2.21. The summed E-state index contributed by atoms with van der Waals surface area (Å²) in [7, 11) is 0. The number of rotatable bonds is 3. The molecule has 0 bridgehead atoms. The van der Waals surface area contributed by atoms with Crippen LogP contribution in [-0.2, 0) is 0 Å². The van der Waals surface area contributed by atoms with E-state index < -0.39 is 4.92 Å². The van der Waals surface area contributed by atoms with Crippen LogP contribution in [-0.4, -0.2) is 40.2 Å². The zero-order valence-corrected chi connectivity index (χ0v) is 11.3. The van der Waals surface area contributed by atoms with Crippen LogP contribution in [0.25, 0.3) is 10.9 Å². The van der Waals surface area contributed by atoms with Gasteiger partial charge in [-0.05, 0) is 32.0 Å². The lowest BCUT2D eigenvalue weighted by molar-refractivity contribution is -0.384. The number of H-pyrrole nitrogens is 1. The number of fused-ring (bicyclic) bond motifs is 1. The average molecular weight is 289 g/mol. The van der Waals surface area contributed by atoms with Crippen LogP contribution < -0.4 is 10.6 Å². The van der Waals surface area contributed by atoms with E-state index >= 15 is 0 Å². The van der Waals surface area contributed by atoms with E-state index in [9.17, 15) is 14.9 Å². The van der Waals surface area contributed by atoms with E-state index in [0.717, 1.165) is 25.9 Å². The SMILES string of the molecule is O=C(NC1CCNCC1)c1n[nH]c2ccc([N+](=O)[O-])cc12. The average Bonchev–Trinajstić information content (AvgIpc) is 2.91. The second kappa shape index (κ2) is 5.49. The lowest BCUT2D eigenvalue weighted by atomic mass is 10.1. The van der Waals surface area contributed by atoms with Crippen LogP contribution in [0.5, 0.6) is 0 Å². The number of hydrogen-bond acceptors (Lipinski definition) is 5. The van der Waals surface area contributed by atoms with Gasteiger partial charge in [-0.15, -0.1) is 0 Å². The molecule has 1 saturated heterocycles. The fourth-order valence-corrected chi connectivity index (χ4v) is 2.51. The highest BCUT2D eigenvalue weighted by Crippen LogP contribution is 2.22. The molecule has 110 valence electrons. The van der Waals surface area contributed by atoms with Gasteiger partial charge >= 0.3 is 0 Å². The van der Waals surface area contributed by atoms with Crippen molar-refractivity contribution >= 4 is 22.5 Å². The number of nitro groups is 1. The Kier molecular flexibility index (Phi) is 3.53. The largest absolute Gasteiger partial charge is 0.348 e. The third-order valence-corrected chi connectivity index (χ3v) is 3.65. The van der Waals surface area contributed by atoms with Crippen molar-refractivity contribution in [3.63, 3.8) is 0 Å². The first-order chi connectivity index (χ1) is 10.1. The molecule has 2 heterocycles. The molecular formula is C13H15N5O3. The molecule has 0 saturated carbocycles. The van der Waals surface area contributed by atoms with E-state index in [0.29, 0.717) is 10.9 Å². The number of carbonyl (C=O) groups excluding carboxylic acids is 1. The summed E-state index contributed by atoms with van der Waals surface area (Å²) in [6, 6.07) is 4.43. The minimum absolute atomic E-state index is 0.0557. The van der Waals surface area contributed by atoms with E-state index in [4.69, 9.17) is 0 Å². The van der Waals surface area contributed by atoms with E-state index in [1.807, 2.05) is 0 Å². The number of piperidine rings is 1. The quantitative estimate of drug-likeness (QED) is 0.575. The molecule has 0 unspecified atom stereocenters. The second-order valence-corrected chi connectivity index (χ2v) is 5.06. The van der Waals surface area contributed by atoms with Gasteiger partial charge in [0.1, 0.15) is 0 Å². The van der Waals surface area contributed by atoms with Gasteiger partial charge in [-0.3, -0.25) is 20.0 Å². The van der Waals surface area contributed by atoms with Crippen molar-refractivity contribution in [2.75, 3.05) is 13.1 Å². The van der Waals surface area contributed by atoms with Gasteiger partial charge in [0.2, 0.25) is 0 Å². The molecule has 1 aromatic carbocycles. The lowest BCUT2D eigenvalue weighted by Crippen LogP contribution is -2.42. The van der Waals surface area contributed by atoms with E-state index in [2.05, 4.69) is 20.8 Å². The van der Waals surface area contributed by atoms with Crippen molar-refractivity contribution in [2.24, 2.45) is 0 Å². The molecule has 3 N–H and O–H groups in total.